The van der Waals surface area contributed by atoms with Gasteiger partial charge in [0.2, 0.25) is 0 Å². The second-order valence-corrected chi connectivity index (χ2v) is 2.16. The van der Waals surface area contributed by atoms with E-state index in [1.165, 1.54) is 0 Å². The highest BCUT2D eigenvalue weighted by Gasteiger charge is 1.94. The van der Waals surface area contributed by atoms with Gasteiger partial charge in [-0.05, 0) is 25.7 Å². The van der Waals surface area contributed by atoms with E-state index in [0.717, 1.165) is 19.3 Å². The van der Waals surface area contributed by atoms with Gasteiger partial charge >= 0.3 is 0 Å². The molecular formula is C8H16O4. The van der Waals surface area contributed by atoms with Crippen molar-refractivity contribution in [3.63, 3.8) is 0 Å². The van der Waals surface area contributed by atoms with E-state index in [4.69, 9.17) is 20.1 Å². The van der Waals surface area contributed by atoms with Gasteiger partial charge in [-0.3, -0.25) is 4.79 Å². The van der Waals surface area contributed by atoms with Crippen LogP contribution in [0, 0.1) is 0 Å². The van der Waals surface area contributed by atoms with Crippen LogP contribution in [-0.2, 0) is 4.79 Å². The molecule has 0 spiro atoms. The molecule has 0 aliphatic rings. The van der Waals surface area contributed by atoms with Crippen molar-refractivity contribution in [2.24, 2.45) is 0 Å². The second kappa shape index (κ2) is 12.8. The quantitative estimate of drug-likeness (QED) is 0.250. The number of hydrogen-bond donors (Lipinski definition) is 3. The normalized spacial score (nSPS) is 8.58. The van der Waals surface area contributed by atoms with Crippen molar-refractivity contribution >= 4 is 6.47 Å². The highest BCUT2D eigenvalue weighted by Crippen LogP contribution is 2.01. The fourth-order valence-electron chi connectivity index (χ4n) is 0.616. The molecule has 72 valence electrons. The summed E-state index contributed by atoms with van der Waals surface area (Å²) in [6.45, 7) is 3.30. The molecule has 0 saturated heterocycles. The van der Waals surface area contributed by atoms with Gasteiger partial charge in [0.25, 0.3) is 6.47 Å². The highest BCUT2D eigenvalue weighted by molar-refractivity contribution is 5.32. The fraction of sp³-hybridized carbons (Fsp3) is 0.625. The van der Waals surface area contributed by atoms with Gasteiger partial charge < -0.3 is 15.3 Å². The molecule has 0 bridgehead atoms. The van der Waals surface area contributed by atoms with E-state index in [-0.39, 0.29) is 6.47 Å². The van der Waals surface area contributed by atoms with E-state index in [1.807, 2.05) is 6.08 Å². The molecule has 0 heterocycles. The largest absolute Gasteiger partial charge is 0.483 e. The summed E-state index contributed by atoms with van der Waals surface area (Å²) < 4.78 is 0. The van der Waals surface area contributed by atoms with Crippen LogP contribution in [-0.4, -0.2) is 28.1 Å². The average molecular weight is 176 g/mol. The first-order valence-electron chi connectivity index (χ1n) is 3.74. The van der Waals surface area contributed by atoms with Crippen molar-refractivity contribution in [3.05, 3.63) is 12.7 Å². The maximum absolute atomic E-state index is 8.38. The number of rotatable bonds is 5. The summed E-state index contributed by atoms with van der Waals surface area (Å²) in [6, 6.07) is 0. The smallest absolute Gasteiger partial charge is 0.290 e. The van der Waals surface area contributed by atoms with Crippen molar-refractivity contribution in [3.8, 4) is 0 Å². The molecule has 0 fully saturated rings. The fourth-order valence-corrected chi connectivity index (χ4v) is 0.616. The summed E-state index contributed by atoms with van der Waals surface area (Å²) in [6.07, 6.45) is 4.02. The van der Waals surface area contributed by atoms with Gasteiger partial charge in [-0.15, -0.1) is 6.58 Å². The summed E-state index contributed by atoms with van der Waals surface area (Å²) in [7, 11) is 0. The zero-order valence-corrected chi connectivity index (χ0v) is 7.02. The van der Waals surface area contributed by atoms with Crippen molar-refractivity contribution < 1.29 is 20.1 Å². The number of aliphatic hydroxyl groups excluding tert-OH is 1. The van der Waals surface area contributed by atoms with Gasteiger partial charge in [0.05, 0.1) is 0 Å². The highest BCUT2D eigenvalue weighted by atomic mass is 16.5. The first-order chi connectivity index (χ1) is 5.68. The van der Waals surface area contributed by atoms with E-state index in [1.54, 1.807) is 0 Å². The Morgan fingerprint density at radius 2 is 1.83 bits per heavy atom. The molecule has 0 aromatic heterocycles. The van der Waals surface area contributed by atoms with Gasteiger partial charge in [0.1, 0.15) is 0 Å². The third-order valence-corrected chi connectivity index (χ3v) is 1.12. The first-order valence-corrected chi connectivity index (χ1v) is 3.74. The van der Waals surface area contributed by atoms with Crippen LogP contribution < -0.4 is 0 Å². The minimum Gasteiger partial charge on any atom is -0.483 e. The lowest BCUT2D eigenvalue weighted by atomic mass is 10.2. The van der Waals surface area contributed by atoms with Crippen molar-refractivity contribution in [1.82, 2.24) is 0 Å². The van der Waals surface area contributed by atoms with Gasteiger partial charge in [-0.25, -0.2) is 0 Å². The summed E-state index contributed by atoms with van der Waals surface area (Å²) >= 11 is 0. The Bertz CT molecular complexity index is 101. The number of allylic oxidation sites excluding steroid dienone is 1. The zero-order valence-electron chi connectivity index (χ0n) is 7.02. The third kappa shape index (κ3) is 22.9. The van der Waals surface area contributed by atoms with E-state index in [9.17, 15) is 0 Å². The van der Waals surface area contributed by atoms with Crippen molar-refractivity contribution in [1.29, 1.82) is 0 Å². The minimum absolute atomic E-state index is 0.250. The topological polar surface area (TPSA) is 77.8 Å². The molecule has 0 rings (SSSR count). The van der Waals surface area contributed by atoms with Crippen LogP contribution in [0.3, 0.4) is 0 Å². The molecule has 4 nitrogen and oxygen atoms in total. The summed E-state index contributed by atoms with van der Waals surface area (Å²) in [5, 5.41) is 23.7. The number of carboxylic acid groups (broad SMARTS) is 1. The van der Waals surface area contributed by atoms with E-state index < -0.39 is 6.29 Å². The molecule has 0 saturated carbocycles. The number of hydrogen-bond acceptors (Lipinski definition) is 3. The molecule has 0 radical (unpaired) electrons. The van der Waals surface area contributed by atoms with Crippen LogP contribution in [0.1, 0.15) is 25.7 Å². The Balaban J connectivity index is 0. The monoisotopic (exact) mass is 176 g/mol. The second-order valence-electron chi connectivity index (χ2n) is 2.16. The standard InChI is InChI=1S/C7H14O2.CH2O2/c1-2-3-4-5-6-7(8)9;2-1-3/h2,7-9H,1,3-6H2;1H,(H,2,3). The van der Waals surface area contributed by atoms with E-state index in [0.29, 0.717) is 6.42 Å². The molecule has 4 heteroatoms. The van der Waals surface area contributed by atoms with Crippen molar-refractivity contribution in [2.45, 2.75) is 32.0 Å². The molecule has 0 aromatic carbocycles. The van der Waals surface area contributed by atoms with Crippen molar-refractivity contribution in [2.75, 3.05) is 0 Å². The van der Waals surface area contributed by atoms with Gasteiger partial charge in [-0.1, -0.05) is 6.08 Å². The SMILES string of the molecule is C=CCCCCC(O)O.O=CO. The number of aliphatic hydroxyl groups is 2. The van der Waals surface area contributed by atoms with Crippen LogP contribution in [0.2, 0.25) is 0 Å². The first kappa shape index (κ1) is 13.7. The molecule has 3 N–H and O–H groups in total. The molecule has 0 aliphatic heterocycles. The molecule has 0 aromatic rings. The maximum atomic E-state index is 8.38. The average Bonchev–Trinajstić information content (AvgIpc) is 1.99. The Morgan fingerprint density at radius 1 is 1.33 bits per heavy atom. The predicted octanol–water partition coefficient (Wildman–Crippen LogP) is 0.744. The lowest BCUT2D eigenvalue weighted by Gasteiger charge is -1.99. The zero-order chi connectivity index (χ0) is 9.82. The molecule has 12 heavy (non-hydrogen) atoms. The predicted molar refractivity (Wildman–Crippen MR) is 45.6 cm³/mol. The Hall–Kier alpha value is -0.870. The molecule has 0 amide bonds. The number of unbranched alkanes of at least 4 members (excludes halogenated alkanes) is 2. The Kier molecular flexibility index (Phi) is 14.6. The lowest BCUT2D eigenvalue weighted by Crippen LogP contribution is -2.02. The van der Waals surface area contributed by atoms with Gasteiger partial charge in [-0.2, -0.15) is 0 Å². The Labute approximate surface area is 72.2 Å². The van der Waals surface area contributed by atoms with Crippen LogP contribution >= 0.6 is 0 Å². The lowest BCUT2D eigenvalue weighted by molar-refractivity contribution is -0.122. The summed E-state index contributed by atoms with van der Waals surface area (Å²) in [4.78, 5) is 8.36. The summed E-state index contributed by atoms with van der Waals surface area (Å²) in [5.41, 5.74) is 0. The van der Waals surface area contributed by atoms with E-state index in [2.05, 4.69) is 6.58 Å². The molecule has 0 aliphatic carbocycles. The van der Waals surface area contributed by atoms with Crippen LogP contribution in [0.5, 0.6) is 0 Å². The Morgan fingerprint density at radius 3 is 2.17 bits per heavy atom. The minimum atomic E-state index is -1.13. The molecule has 0 unspecified atom stereocenters. The van der Waals surface area contributed by atoms with Crippen LogP contribution in [0.15, 0.2) is 12.7 Å². The van der Waals surface area contributed by atoms with E-state index >= 15 is 0 Å². The van der Waals surface area contributed by atoms with Crippen LogP contribution in [0.4, 0.5) is 0 Å². The van der Waals surface area contributed by atoms with Gasteiger partial charge in [0, 0.05) is 0 Å². The molecule has 0 atom stereocenters. The number of carbonyl (C=O) groups is 1. The van der Waals surface area contributed by atoms with Crippen LogP contribution in [0.25, 0.3) is 0 Å². The third-order valence-electron chi connectivity index (χ3n) is 1.12. The summed E-state index contributed by atoms with van der Waals surface area (Å²) in [5.74, 6) is 0. The van der Waals surface area contributed by atoms with Gasteiger partial charge in [0.15, 0.2) is 6.29 Å². The maximum Gasteiger partial charge on any atom is 0.290 e. The molecular weight excluding hydrogens is 160 g/mol.